The van der Waals surface area contributed by atoms with E-state index in [-0.39, 0.29) is 57.7 Å². The molecule has 0 saturated heterocycles. The van der Waals surface area contributed by atoms with Gasteiger partial charge in [-0.2, -0.15) is 0 Å². The van der Waals surface area contributed by atoms with Gasteiger partial charge in [-0.3, -0.25) is 9.59 Å². The summed E-state index contributed by atoms with van der Waals surface area (Å²) in [4.78, 5) is 28.2. The third-order valence-corrected chi connectivity index (χ3v) is 5.92. The van der Waals surface area contributed by atoms with Crippen LogP contribution in [0.5, 0.6) is 11.5 Å². The summed E-state index contributed by atoms with van der Waals surface area (Å²) >= 11 is 11.5. The number of hydrogen-bond acceptors (Lipinski definition) is 6. The minimum absolute atomic E-state index is 0.0163. The third kappa shape index (κ3) is 4.62. The van der Waals surface area contributed by atoms with Crippen LogP contribution < -0.4 is 25.8 Å². The topological polar surface area (TPSA) is 116 Å². The molecule has 5 rings (SSSR count). The van der Waals surface area contributed by atoms with Gasteiger partial charge in [-0.05, 0) is 31.4 Å². The van der Waals surface area contributed by atoms with E-state index in [2.05, 4.69) is 15.6 Å². The van der Waals surface area contributed by atoms with Crippen molar-refractivity contribution < 1.29 is 23.5 Å². The molecule has 2 bridgehead atoms. The normalized spacial score (nSPS) is 23.2. The van der Waals surface area contributed by atoms with Crippen LogP contribution in [0, 0.1) is 5.82 Å². The molecule has 0 atom stereocenters. The van der Waals surface area contributed by atoms with Crippen LogP contribution >= 0.6 is 23.2 Å². The maximum Gasteiger partial charge on any atom is 0.258 e. The van der Waals surface area contributed by atoms with Gasteiger partial charge in [-0.1, -0.05) is 23.2 Å². The fourth-order valence-electron chi connectivity index (χ4n) is 4.09. The monoisotopic (exact) mass is 468 g/mol. The van der Waals surface area contributed by atoms with Gasteiger partial charge in [0.05, 0.1) is 16.2 Å². The molecule has 0 radical (unpaired) electrons. The van der Waals surface area contributed by atoms with Gasteiger partial charge in [-0.25, -0.2) is 9.37 Å². The number of hydrogen-bond donors (Lipinski definition) is 3. The highest BCUT2D eigenvalue weighted by atomic mass is 35.5. The third-order valence-electron chi connectivity index (χ3n) is 5.31. The number of ether oxygens (including phenoxy) is 2. The summed E-state index contributed by atoms with van der Waals surface area (Å²) in [5.41, 5.74) is 4.86. The van der Waals surface area contributed by atoms with E-state index >= 15 is 0 Å². The number of nitrogens with one attached hydrogen (secondary N) is 2. The predicted molar refractivity (Wildman–Crippen MR) is 112 cm³/mol. The highest BCUT2D eigenvalue weighted by Crippen LogP contribution is 2.60. The predicted octanol–water partition coefficient (Wildman–Crippen LogP) is 2.48. The lowest BCUT2D eigenvalue weighted by Crippen LogP contribution is -2.84. The standard InChI is InChI=1S/C20H19Cl2FN4O4/c21-13-2-1-11(4-15(13)23)30-6-16(28)26-19-8-20(9-19,10-19)27-17(29)7-31-12-3-14(22)18(24)25-5-12/h1-5H,6-10H2,(H2,24,25)(H,26,28)(H,27,29). The van der Waals surface area contributed by atoms with E-state index in [9.17, 15) is 14.0 Å². The van der Waals surface area contributed by atoms with Crippen molar-refractivity contribution in [3.63, 3.8) is 0 Å². The van der Waals surface area contributed by atoms with E-state index in [1.165, 1.54) is 24.4 Å². The Kier molecular flexibility index (Phi) is 5.57. The molecule has 2 aromatic rings. The molecule has 11 heteroatoms. The Labute approximate surface area is 187 Å². The zero-order chi connectivity index (χ0) is 22.2. The maximum absolute atomic E-state index is 13.4. The Morgan fingerprint density at radius 2 is 1.58 bits per heavy atom. The Balaban J connectivity index is 1.17. The van der Waals surface area contributed by atoms with Crippen molar-refractivity contribution >= 4 is 40.8 Å². The zero-order valence-corrected chi connectivity index (χ0v) is 17.7. The largest absolute Gasteiger partial charge is 0.484 e. The summed E-state index contributed by atoms with van der Waals surface area (Å²) in [6.45, 7) is -0.428. The first-order valence-corrected chi connectivity index (χ1v) is 10.2. The van der Waals surface area contributed by atoms with Gasteiger partial charge in [0.15, 0.2) is 13.2 Å². The molecule has 3 saturated carbocycles. The summed E-state index contributed by atoms with van der Waals surface area (Å²) in [7, 11) is 0. The van der Waals surface area contributed by atoms with Crippen LogP contribution in [0.3, 0.4) is 0 Å². The molecule has 164 valence electrons. The second kappa shape index (κ2) is 8.05. The van der Waals surface area contributed by atoms with Crippen LogP contribution in [-0.2, 0) is 9.59 Å². The lowest BCUT2D eigenvalue weighted by Gasteiger charge is -2.70. The fourth-order valence-corrected chi connectivity index (χ4v) is 4.36. The number of carbonyl (C=O) groups is 2. The molecule has 0 aliphatic heterocycles. The van der Waals surface area contributed by atoms with E-state index in [1.54, 1.807) is 0 Å². The minimum atomic E-state index is -0.614. The first-order chi connectivity index (χ1) is 14.7. The summed E-state index contributed by atoms with van der Waals surface area (Å²) in [6, 6.07) is 5.46. The number of aromatic nitrogens is 1. The van der Waals surface area contributed by atoms with Gasteiger partial charge < -0.3 is 25.8 Å². The van der Waals surface area contributed by atoms with Crippen molar-refractivity contribution in [1.29, 1.82) is 0 Å². The van der Waals surface area contributed by atoms with Crippen LogP contribution in [0.15, 0.2) is 30.5 Å². The first kappa shape index (κ1) is 21.5. The molecule has 8 nitrogen and oxygen atoms in total. The average molecular weight is 469 g/mol. The Morgan fingerprint density at radius 3 is 2.13 bits per heavy atom. The van der Waals surface area contributed by atoms with Gasteiger partial charge in [0.25, 0.3) is 11.8 Å². The number of anilines is 1. The van der Waals surface area contributed by atoms with Gasteiger partial charge in [0.2, 0.25) is 0 Å². The number of carbonyl (C=O) groups excluding carboxylic acids is 2. The number of benzene rings is 1. The number of rotatable bonds is 8. The number of nitrogens with zero attached hydrogens (tertiary/aromatic N) is 1. The van der Waals surface area contributed by atoms with Gasteiger partial charge in [0, 0.05) is 23.2 Å². The van der Waals surface area contributed by atoms with E-state index in [4.69, 9.17) is 38.4 Å². The average Bonchev–Trinajstić information content (AvgIpc) is 2.67. The van der Waals surface area contributed by atoms with E-state index < -0.39 is 5.82 Å². The number of halogens is 3. The van der Waals surface area contributed by atoms with E-state index in [0.717, 1.165) is 6.07 Å². The molecular formula is C20H19Cl2FN4O4. The summed E-state index contributed by atoms with van der Waals surface area (Å²) in [5, 5.41) is 6.10. The molecule has 4 N–H and O–H groups in total. The van der Waals surface area contributed by atoms with Crippen LogP contribution in [-0.4, -0.2) is 41.1 Å². The van der Waals surface area contributed by atoms with Crippen molar-refractivity contribution in [1.82, 2.24) is 15.6 Å². The smallest absolute Gasteiger partial charge is 0.258 e. The van der Waals surface area contributed by atoms with Crippen molar-refractivity contribution in [2.75, 3.05) is 18.9 Å². The lowest BCUT2D eigenvalue weighted by molar-refractivity contribution is -0.151. The van der Waals surface area contributed by atoms with Crippen molar-refractivity contribution in [3.8, 4) is 11.5 Å². The molecule has 2 amide bonds. The van der Waals surface area contributed by atoms with Gasteiger partial charge in [0.1, 0.15) is 23.1 Å². The fraction of sp³-hybridized carbons (Fsp3) is 0.350. The maximum atomic E-state index is 13.4. The van der Waals surface area contributed by atoms with E-state index in [0.29, 0.717) is 25.0 Å². The van der Waals surface area contributed by atoms with Crippen LogP contribution in [0.4, 0.5) is 10.2 Å². The zero-order valence-electron chi connectivity index (χ0n) is 16.2. The van der Waals surface area contributed by atoms with Crippen LogP contribution in [0.2, 0.25) is 10.0 Å². The molecule has 3 aliphatic carbocycles. The Hall–Kier alpha value is -2.78. The number of nitrogens with two attached hydrogens (primary N) is 1. The van der Waals surface area contributed by atoms with E-state index in [1.807, 2.05) is 0 Å². The van der Waals surface area contributed by atoms with Gasteiger partial charge >= 0.3 is 0 Å². The molecule has 3 fully saturated rings. The molecule has 0 spiro atoms. The molecule has 1 aromatic carbocycles. The number of pyridine rings is 1. The Bertz CT molecular complexity index is 953. The Morgan fingerprint density at radius 1 is 1.00 bits per heavy atom. The first-order valence-electron chi connectivity index (χ1n) is 9.41. The van der Waals surface area contributed by atoms with Gasteiger partial charge in [-0.15, -0.1) is 0 Å². The molecule has 3 aliphatic rings. The quantitative estimate of drug-likeness (QED) is 0.547. The number of nitrogen functional groups attached to an aromatic ring is 1. The summed E-state index contributed by atoms with van der Waals surface area (Å²) in [6.07, 6.45) is 3.27. The summed E-state index contributed by atoms with van der Waals surface area (Å²) < 4.78 is 24.1. The van der Waals surface area contributed by atoms with Crippen LogP contribution in [0.1, 0.15) is 19.3 Å². The van der Waals surface area contributed by atoms with Crippen molar-refractivity contribution in [2.45, 2.75) is 30.3 Å². The molecule has 0 unspecified atom stereocenters. The molecule has 1 aromatic heterocycles. The van der Waals surface area contributed by atoms with Crippen LogP contribution in [0.25, 0.3) is 0 Å². The number of amides is 2. The van der Waals surface area contributed by atoms with Crippen molar-refractivity contribution in [3.05, 3.63) is 46.3 Å². The molecule has 31 heavy (non-hydrogen) atoms. The lowest BCUT2D eigenvalue weighted by atomic mass is 9.44. The molecular weight excluding hydrogens is 450 g/mol. The SMILES string of the molecule is Nc1ncc(OCC(=O)NC23CC(NC(=O)COc4ccc(Cl)c(F)c4)(C2)C3)cc1Cl. The highest BCUT2D eigenvalue weighted by molar-refractivity contribution is 6.32. The van der Waals surface area contributed by atoms with Crippen molar-refractivity contribution in [2.24, 2.45) is 0 Å². The summed E-state index contributed by atoms with van der Waals surface area (Å²) in [5.74, 6) is -0.458. The second-order valence-corrected chi connectivity index (χ2v) is 8.69. The molecule has 1 heterocycles. The minimum Gasteiger partial charge on any atom is -0.484 e. The highest BCUT2D eigenvalue weighted by Gasteiger charge is 2.69. The second-order valence-electron chi connectivity index (χ2n) is 7.88.